The lowest BCUT2D eigenvalue weighted by molar-refractivity contribution is 0.0196. The van der Waals surface area contributed by atoms with Crippen LogP contribution in [0.25, 0.3) is 16.6 Å². The number of hydrogen-bond donors (Lipinski definition) is 2. The third-order valence-corrected chi connectivity index (χ3v) is 5.99. The molecule has 1 amide bonds. The highest BCUT2D eigenvalue weighted by molar-refractivity contribution is 5.88. The van der Waals surface area contributed by atoms with Gasteiger partial charge in [0.05, 0.1) is 6.61 Å². The zero-order valence-corrected chi connectivity index (χ0v) is 19.4. The molecular formula is C24H30FN5O3. The van der Waals surface area contributed by atoms with Gasteiger partial charge in [-0.1, -0.05) is 6.07 Å². The number of aromatic nitrogens is 3. The van der Waals surface area contributed by atoms with Crippen LogP contribution in [0.4, 0.5) is 15.0 Å². The molecule has 0 saturated carbocycles. The van der Waals surface area contributed by atoms with E-state index >= 15 is 0 Å². The van der Waals surface area contributed by atoms with Crippen molar-refractivity contribution in [3.63, 3.8) is 0 Å². The Morgan fingerprint density at radius 3 is 2.76 bits per heavy atom. The molecule has 8 nitrogen and oxygen atoms in total. The summed E-state index contributed by atoms with van der Waals surface area (Å²) in [6.45, 7) is 8.06. The molecule has 1 atom stereocenters. The van der Waals surface area contributed by atoms with Crippen molar-refractivity contribution in [1.82, 2.24) is 19.5 Å². The third kappa shape index (κ3) is 4.50. The van der Waals surface area contributed by atoms with Gasteiger partial charge in [-0.05, 0) is 63.8 Å². The van der Waals surface area contributed by atoms with E-state index in [-0.39, 0.29) is 30.0 Å². The first-order valence-electron chi connectivity index (χ1n) is 11.1. The van der Waals surface area contributed by atoms with Gasteiger partial charge in [0.2, 0.25) is 0 Å². The van der Waals surface area contributed by atoms with Gasteiger partial charge in [0, 0.05) is 35.8 Å². The van der Waals surface area contributed by atoms with Crippen molar-refractivity contribution in [2.45, 2.75) is 58.7 Å². The van der Waals surface area contributed by atoms with E-state index in [0.29, 0.717) is 35.3 Å². The second-order valence-corrected chi connectivity index (χ2v) is 9.57. The van der Waals surface area contributed by atoms with Gasteiger partial charge in [-0.15, -0.1) is 0 Å². The summed E-state index contributed by atoms with van der Waals surface area (Å²) < 4.78 is 22.0. The quantitative estimate of drug-likeness (QED) is 0.618. The van der Waals surface area contributed by atoms with Crippen LogP contribution < -0.4 is 5.73 Å². The number of aliphatic hydroxyl groups excluding tert-OH is 1. The lowest BCUT2D eigenvalue weighted by Gasteiger charge is -2.34. The minimum atomic E-state index is -0.566. The number of ether oxygens (including phenoxy) is 1. The Bertz CT molecular complexity index is 1180. The molecule has 1 unspecified atom stereocenters. The Kier molecular flexibility index (Phi) is 6.00. The first-order valence-corrected chi connectivity index (χ1v) is 11.1. The number of hydrogen-bond acceptors (Lipinski definition) is 6. The molecule has 176 valence electrons. The molecule has 0 radical (unpaired) electrons. The average molecular weight is 456 g/mol. The van der Waals surface area contributed by atoms with Crippen LogP contribution in [-0.2, 0) is 11.3 Å². The summed E-state index contributed by atoms with van der Waals surface area (Å²) in [6, 6.07) is 5.18. The van der Waals surface area contributed by atoms with Gasteiger partial charge in [-0.2, -0.15) is 5.10 Å². The Morgan fingerprint density at radius 2 is 2.09 bits per heavy atom. The summed E-state index contributed by atoms with van der Waals surface area (Å²) in [7, 11) is 0. The van der Waals surface area contributed by atoms with Crippen molar-refractivity contribution in [2.75, 3.05) is 18.8 Å². The van der Waals surface area contributed by atoms with Gasteiger partial charge in [0.1, 0.15) is 23.3 Å². The van der Waals surface area contributed by atoms with Crippen molar-refractivity contribution in [2.24, 2.45) is 0 Å². The molecule has 1 fully saturated rings. The predicted molar refractivity (Wildman–Crippen MR) is 123 cm³/mol. The maximum atomic E-state index is 14.6. The second kappa shape index (κ2) is 8.62. The Labute approximate surface area is 192 Å². The highest BCUT2D eigenvalue weighted by Gasteiger charge is 2.31. The second-order valence-electron chi connectivity index (χ2n) is 9.57. The average Bonchev–Trinajstić information content (AvgIpc) is 3.13. The number of nitrogen functional groups attached to an aromatic ring is 1. The standard InChI is InChI=1S/C24H30FN5O3/c1-14-8-16(9-19(25)18(14)12-31)17-10-20(30-21(17)22(26)27-13-28-30)15-6-5-7-29(11-15)23(32)33-24(2,3)4/h8-10,13,15,31H,5-7,11-12H2,1-4H3,(H2,26,27,28). The van der Waals surface area contributed by atoms with Gasteiger partial charge < -0.3 is 20.5 Å². The molecule has 9 heteroatoms. The minimum Gasteiger partial charge on any atom is -0.444 e. The van der Waals surface area contributed by atoms with Crippen LogP contribution in [0, 0.1) is 12.7 Å². The van der Waals surface area contributed by atoms with Gasteiger partial charge in [-0.25, -0.2) is 18.7 Å². The molecule has 3 heterocycles. The number of aryl methyl sites for hydroxylation is 1. The number of carbonyl (C=O) groups excluding carboxylic acids is 1. The number of likely N-dealkylation sites (tertiary alicyclic amines) is 1. The Balaban J connectivity index is 1.76. The largest absolute Gasteiger partial charge is 0.444 e. The summed E-state index contributed by atoms with van der Waals surface area (Å²) in [6.07, 6.45) is 2.75. The van der Waals surface area contributed by atoms with E-state index in [1.165, 1.54) is 12.4 Å². The number of carbonyl (C=O) groups is 1. The molecule has 1 aliphatic heterocycles. The fourth-order valence-electron chi connectivity index (χ4n) is 4.44. The van der Waals surface area contributed by atoms with Crippen LogP contribution in [0.1, 0.15) is 56.4 Å². The highest BCUT2D eigenvalue weighted by Crippen LogP contribution is 2.37. The maximum Gasteiger partial charge on any atom is 0.410 e. The van der Waals surface area contributed by atoms with Crippen LogP contribution in [0.5, 0.6) is 0 Å². The Hall–Kier alpha value is -3.20. The van der Waals surface area contributed by atoms with Crippen LogP contribution in [0.2, 0.25) is 0 Å². The highest BCUT2D eigenvalue weighted by atomic mass is 19.1. The number of rotatable bonds is 3. The zero-order chi connectivity index (χ0) is 23.9. The first kappa shape index (κ1) is 23.0. The molecule has 1 saturated heterocycles. The third-order valence-electron chi connectivity index (χ3n) is 5.99. The van der Waals surface area contributed by atoms with Crippen molar-refractivity contribution in [3.8, 4) is 11.1 Å². The van der Waals surface area contributed by atoms with Crippen LogP contribution in [0.15, 0.2) is 24.5 Å². The number of aliphatic hydroxyl groups is 1. The molecule has 0 spiro atoms. The van der Waals surface area contributed by atoms with E-state index in [1.807, 2.05) is 32.9 Å². The molecule has 0 aliphatic carbocycles. The molecule has 1 aromatic carbocycles. The number of nitrogens with zero attached hydrogens (tertiary/aromatic N) is 4. The van der Waals surface area contributed by atoms with E-state index in [9.17, 15) is 14.3 Å². The van der Waals surface area contributed by atoms with Crippen molar-refractivity contribution in [1.29, 1.82) is 0 Å². The summed E-state index contributed by atoms with van der Waals surface area (Å²) in [5.41, 5.74) is 9.40. The summed E-state index contributed by atoms with van der Waals surface area (Å²) >= 11 is 0. The SMILES string of the molecule is Cc1cc(-c2cc(C3CCCN(C(=O)OC(C)(C)C)C3)n3ncnc(N)c23)cc(F)c1CO. The van der Waals surface area contributed by atoms with E-state index < -0.39 is 11.4 Å². The Morgan fingerprint density at radius 1 is 1.33 bits per heavy atom. The molecule has 3 aromatic rings. The molecule has 4 rings (SSSR count). The molecule has 3 N–H and O–H groups in total. The van der Waals surface area contributed by atoms with E-state index in [0.717, 1.165) is 18.5 Å². The van der Waals surface area contributed by atoms with Crippen LogP contribution in [-0.4, -0.2) is 49.4 Å². The lowest BCUT2D eigenvalue weighted by atomic mass is 9.94. The number of anilines is 1. The first-order chi connectivity index (χ1) is 15.6. The number of nitrogens with two attached hydrogens (primary N) is 1. The summed E-state index contributed by atoms with van der Waals surface area (Å²) in [5.74, 6) is -0.183. The molecular weight excluding hydrogens is 425 g/mol. The smallest absolute Gasteiger partial charge is 0.410 e. The number of piperidine rings is 1. The van der Waals surface area contributed by atoms with Crippen LogP contribution in [0.3, 0.4) is 0 Å². The van der Waals surface area contributed by atoms with Crippen LogP contribution >= 0.6 is 0 Å². The van der Waals surface area contributed by atoms with E-state index in [1.54, 1.807) is 16.3 Å². The number of benzene rings is 1. The monoisotopic (exact) mass is 455 g/mol. The molecule has 1 aliphatic rings. The zero-order valence-electron chi connectivity index (χ0n) is 19.4. The maximum absolute atomic E-state index is 14.6. The van der Waals surface area contributed by atoms with E-state index in [2.05, 4.69) is 10.1 Å². The van der Waals surface area contributed by atoms with E-state index in [4.69, 9.17) is 10.5 Å². The molecule has 0 bridgehead atoms. The van der Waals surface area contributed by atoms with Crippen molar-refractivity contribution < 1.29 is 19.0 Å². The van der Waals surface area contributed by atoms with Gasteiger partial charge >= 0.3 is 6.09 Å². The molecule has 33 heavy (non-hydrogen) atoms. The van der Waals surface area contributed by atoms with Crippen molar-refractivity contribution >= 4 is 17.4 Å². The number of amides is 1. The minimum absolute atomic E-state index is 0.00415. The van der Waals surface area contributed by atoms with Gasteiger partial charge in [-0.3, -0.25) is 0 Å². The number of halogens is 1. The fraction of sp³-hybridized carbons (Fsp3) is 0.458. The lowest BCUT2D eigenvalue weighted by Crippen LogP contribution is -2.42. The number of fused-ring (bicyclic) bond motifs is 1. The fourth-order valence-corrected chi connectivity index (χ4v) is 4.44. The normalized spacial score (nSPS) is 16.9. The van der Waals surface area contributed by atoms with Crippen molar-refractivity contribution in [3.05, 3.63) is 47.2 Å². The van der Waals surface area contributed by atoms with Gasteiger partial charge in [0.15, 0.2) is 5.82 Å². The summed E-state index contributed by atoms with van der Waals surface area (Å²) in [5, 5.41) is 13.9. The van der Waals surface area contributed by atoms with Gasteiger partial charge in [0.25, 0.3) is 0 Å². The topological polar surface area (TPSA) is 106 Å². The predicted octanol–water partition coefficient (Wildman–Crippen LogP) is 4.03. The molecule has 2 aromatic heterocycles. The summed E-state index contributed by atoms with van der Waals surface area (Å²) in [4.78, 5) is 18.5.